The second-order valence-corrected chi connectivity index (χ2v) is 6.76. The Kier molecular flexibility index (Phi) is 5.57. The first-order chi connectivity index (χ1) is 11.8. The van der Waals surface area contributed by atoms with Gasteiger partial charge in [-0.1, -0.05) is 78.4 Å². The second-order valence-electron chi connectivity index (χ2n) is 6.76. The molecule has 0 saturated carbocycles. The van der Waals surface area contributed by atoms with E-state index in [1.165, 1.54) is 33.4 Å². The first-order valence-electron chi connectivity index (χ1n) is 8.74. The van der Waals surface area contributed by atoms with Crippen molar-refractivity contribution in [3.8, 4) is 11.1 Å². The van der Waals surface area contributed by atoms with Crippen molar-refractivity contribution in [2.24, 2.45) is 0 Å². The van der Waals surface area contributed by atoms with Crippen molar-refractivity contribution in [3.63, 3.8) is 0 Å². The summed E-state index contributed by atoms with van der Waals surface area (Å²) < 4.78 is 0. The molecule has 0 atom stereocenters. The van der Waals surface area contributed by atoms with Crippen LogP contribution in [0.25, 0.3) is 11.1 Å². The van der Waals surface area contributed by atoms with Crippen LogP contribution in [0.3, 0.4) is 0 Å². The van der Waals surface area contributed by atoms with Gasteiger partial charge in [0.15, 0.2) is 0 Å². The molecule has 25 heavy (non-hydrogen) atoms. The van der Waals surface area contributed by atoms with Crippen LogP contribution in [0.1, 0.15) is 22.3 Å². The van der Waals surface area contributed by atoms with Crippen LogP contribution in [-0.2, 0) is 19.5 Å². The molecule has 1 aliphatic rings. The first kappa shape index (κ1) is 17.7. The Labute approximate surface area is 156 Å². The van der Waals surface area contributed by atoms with Crippen LogP contribution in [0.15, 0.2) is 72.8 Å². The van der Waals surface area contributed by atoms with Gasteiger partial charge in [-0.2, -0.15) is 0 Å². The smallest absolute Gasteiger partial charge is 0.0246 e. The number of rotatable bonds is 3. The van der Waals surface area contributed by atoms with Gasteiger partial charge in [-0.05, 0) is 41.2 Å². The largest absolute Gasteiger partial charge is 0.294 e. The number of halogens is 1. The lowest BCUT2D eigenvalue weighted by Crippen LogP contribution is -2.30. The van der Waals surface area contributed by atoms with Crippen LogP contribution in [0.4, 0.5) is 0 Å². The van der Waals surface area contributed by atoms with Crippen LogP contribution in [-0.4, -0.2) is 11.4 Å². The summed E-state index contributed by atoms with van der Waals surface area (Å²) in [5.74, 6) is 0. The molecule has 1 aliphatic heterocycles. The highest BCUT2D eigenvalue weighted by Crippen LogP contribution is 2.31. The molecule has 3 aromatic carbocycles. The van der Waals surface area contributed by atoms with Crippen molar-refractivity contribution in [1.29, 1.82) is 0 Å². The maximum absolute atomic E-state index is 2.57. The molecular formula is C23H24ClN. The van der Waals surface area contributed by atoms with Gasteiger partial charge >= 0.3 is 0 Å². The van der Waals surface area contributed by atoms with Crippen molar-refractivity contribution in [2.45, 2.75) is 26.4 Å². The van der Waals surface area contributed by atoms with Gasteiger partial charge in [-0.15, -0.1) is 12.4 Å². The van der Waals surface area contributed by atoms with Gasteiger partial charge in [0.25, 0.3) is 0 Å². The number of hydrogen-bond donors (Lipinski definition) is 0. The molecule has 0 bridgehead atoms. The monoisotopic (exact) mass is 349 g/mol. The Morgan fingerprint density at radius 2 is 1.68 bits per heavy atom. The van der Waals surface area contributed by atoms with E-state index >= 15 is 0 Å². The zero-order valence-electron chi connectivity index (χ0n) is 14.6. The highest BCUT2D eigenvalue weighted by Gasteiger charge is 2.19. The SMILES string of the molecule is Cc1cccc(-c2cccc3c2CN(Cc2ccccc2)CC3)c1.Cl. The summed E-state index contributed by atoms with van der Waals surface area (Å²) in [6, 6.07) is 26.4. The van der Waals surface area contributed by atoms with Crippen LogP contribution in [0.5, 0.6) is 0 Å². The van der Waals surface area contributed by atoms with E-state index in [1.807, 2.05) is 0 Å². The van der Waals surface area contributed by atoms with Gasteiger partial charge in [-0.25, -0.2) is 0 Å². The summed E-state index contributed by atoms with van der Waals surface area (Å²) in [6.07, 6.45) is 1.14. The molecule has 0 aromatic heterocycles. The first-order valence-corrected chi connectivity index (χ1v) is 8.74. The predicted octanol–water partition coefficient (Wildman–Crippen LogP) is 5.64. The molecule has 1 nitrogen and oxygen atoms in total. The molecule has 0 amide bonds. The highest BCUT2D eigenvalue weighted by atomic mass is 35.5. The average molecular weight is 350 g/mol. The molecule has 3 aromatic rings. The summed E-state index contributed by atoms with van der Waals surface area (Å²) in [4.78, 5) is 2.57. The summed E-state index contributed by atoms with van der Waals surface area (Å²) in [5, 5.41) is 0. The molecule has 2 heteroatoms. The topological polar surface area (TPSA) is 3.24 Å². The molecule has 0 fully saturated rings. The fourth-order valence-electron chi connectivity index (χ4n) is 3.70. The van der Waals surface area contributed by atoms with E-state index in [0.717, 1.165) is 26.1 Å². The Morgan fingerprint density at radius 1 is 0.880 bits per heavy atom. The number of hydrogen-bond acceptors (Lipinski definition) is 1. The number of benzene rings is 3. The molecule has 0 saturated heterocycles. The molecule has 0 radical (unpaired) electrons. The molecule has 0 spiro atoms. The van der Waals surface area contributed by atoms with Crippen molar-refractivity contribution < 1.29 is 0 Å². The summed E-state index contributed by atoms with van der Waals surface area (Å²) in [6.45, 7) is 5.37. The Morgan fingerprint density at radius 3 is 2.48 bits per heavy atom. The summed E-state index contributed by atoms with van der Waals surface area (Å²) in [5.41, 5.74) is 8.47. The van der Waals surface area contributed by atoms with E-state index in [4.69, 9.17) is 0 Å². The van der Waals surface area contributed by atoms with Gasteiger partial charge in [-0.3, -0.25) is 4.90 Å². The number of nitrogens with zero attached hydrogens (tertiary/aromatic N) is 1. The lowest BCUT2D eigenvalue weighted by atomic mass is 9.90. The zero-order chi connectivity index (χ0) is 16.4. The van der Waals surface area contributed by atoms with Crippen molar-refractivity contribution in [1.82, 2.24) is 4.90 Å². The van der Waals surface area contributed by atoms with E-state index in [1.54, 1.807) is 0 Å². The molecule has 128 valence electrons. The lowest BCUT2D eigenvalue weighted by molar-refractivity contribution is 0.246. The predicted molar refractivity (Wildman–Crippen MR) is 108 cm³/mol. The third kappa shape index (κ3) is 3.95. The van der Waals surface area contributed by atoms with Gasteiger partial charge in [0.1, 0.15) is 0 Å². The quantitative estimate of drug-likeness (QED) is 0.591. The van der Waals surface area contributed by atoms with Crippen molar-refractivity contribution in [3.05, 3.63) is 95.1 Å². The Bertz CT molecular complexity index is 842. The maximum Gasteiger partial charge on any atom is 0.0246 e. The van der Waals surface area contributed by atoms with E-state index in [9.17, 15) is 0 Å². The van der Waals surface area contributed by atoms with Gasteiger partial charge in [0, 0.05) is 19.6 Å². The van der Waals surface area contributed by atoms with Crippen LogP contribution < -0.4 is 0 Å². The molecule has 1 heterocycles. The fraction of sp³-hybridized carbons (Fsp3) is 0.217. The summed E-state index contributed by atoms with van der Waals surface area (Å²) >= 11 is 0. The molecule has 0 N–H and O–H groups in total. The minimum Gasteiger partial charge on any atom is -0.294 e. The van der Waals surface area contributed by atoms with Crippen LogP contribution in [0.2, 0.25) is 0 Å². The lowest BCUT2D eigenvalue weighted by Gasteiger charge is -2.30. The highest BCUT2D eigenvalue weighted by molar-refractivity contribution is 5.85. The molecule has 4 rings (SSSR count). The molecular weight excluding hydrogens is 326 g/mol. The van der Waals surface area contributed by atoms with Gasteiger partial charge < -0.3 is 0 Å². The van der Waals surface area contributed by atoms with E-state index in [-0.39, 0.29) is 12.4 Å². The second kappa shape index (κ2) is 7.86. The summed E-state index contributed by atoms with van der Waals surface area (Å²) in [7, 11) is 0. The minimum absolute atomic E-state index is 0. The van der Waals surface area contributed by atoms with Crippen molar-refractivity contribution in [2.75, 3.05) is 6.54 Å². The maximum atomic E-state index is 2.57. The zero-order valence-corrected chi connectivity index (χ0v) is 15.4. The molecule has 0 aliphatic carbocycles. The normalized spacial score (nSPS) is 13.8. The standard InChI is InChI=1S/C23H23N.ClH/c1-18-7-5-11-21(15-18)22-12-6-10-20-13-14-24(17-23(20)22)16-19-8-3-2-4-9-19;/h2-12,15H,13-14,16-17H2,1H3;1H. The third-order valence-corrected chi connectivity index (χ3v) is 4.93. The number of aryl methyl sites for hydroxylation is 1. The van der Waals surface area contributed by atoms with E-state index in [0.29, 0.717) is 0 Å². The minimum atomic E-state index is 0. The van der Waals surface area contributed by atoms with Gasteiger partial charge in [0.2, 0.25) is 0 Å². The Hall–Kier alpha value is -2.09. The van der Waals surface area contributed by atoms with Crippen LogP contribution in [0, 0.1) is 6.92 Å². The fourth-order valence-corrected chi connectivity index (χ4v) is 3.70. The molecule has 0 unspecified atom stereocenters. The van der Waals surface area contributed by atoms with Crippen molar-refractivity contribution >= 4 is 12.4 Å². The van der Waals surface area contributed by atoms with Crippen LogP contribution >= 0.6 is 12.4 Å². The van der Waals surface area contributed by atoms with Gasteiger partial charge in [0.05, 0.1) is 0 Å². The number of fused-ring (bicyclic) bond motifs is 1. The Balaban J connectivity index is 0.00000182. The van der Waals surface area contributed by atoms with E-state index in [2.05, 4.69) is 84.6 Å². The average Bonchev–Trinajstić information content (AvgIpc) is 2.62. The third-order valence-electron chi connectivity index (χ3n) is 4.93. The van der Waals surface area contributed by atoms with E-state index < -0.39 is 0 Å².